The molecule has 1 N–H and O–H groups in total. The topological polar surface area (TPSA) is 70.4 Å². The number of nitrogens with one attached hydrogen (secondary N) is 1. The summed E-state index contributed by atoms with van der Waals surface area (Å²) in [6.45, 7) is 0.0934. The highest BCUT2D eigenvalue weighted by molar-refractivity contribution is 6.30. The number of rotatable bonds is 4. The SMILES string of the molecule is CN(C)c1cc[n+](CC(=O)Nc2cccc3c2C(=O)c2ccccc2C3=O)cc1. The van der Waals surface area contributed by atoms with E-state index < -0.39 is 0 Å². The number of benzene rings is 2. The molecule has 144 valence electrons. The predicted molar refractivity (Wildman–Crippen MR) is 109 cm³/mol. The van der Waals surface area contributed by atoms with Crippen molar-refractivity contribution in [1.29, 1.82) is 0 Å². The maximum atomic E-state index is 13.0. The van der Waals surface area contributed by atoms with Gasteiger partial charge in [-0.15, -0.1) is 0 Å². The van der Waals surface area contributed by atoms with E-state index in [9.17, 15) is 14.4 Å². The van der Waals surface area contributed by atoms with Crippen molar-refractivity contribution in [3.63, 3.8) is 0 Å². The van der Waals surface area contributed by atoms with E-state index in [1.54, 1.807) is 47.0 Å². The van der Waals surface area contributed by atoms with Crippen molar-refractivity contribution < 1.29 is 19.0 Å². The second-order valence-electron chi connectivity index (χ2n) is 7.10. The molecule has 0 radical (unpaired) electrons. The van der Waals surface area contributed by atoms with Crippen LogP contribution < -0.4 is 14.8 Å². The van der Waals surface area contributed by atoms with Crippen molar-refractivity contribution in [2.75, 3.05) is 24.3 Å². The average molecular weight is 386 g/mol. The fraction of sp³-hybridized carbons (Fsp3) is 0.130. The van der Waals surface area contributed by atoms with Crippen molar-refractivity contribution >= 4 is 28.8 Å². The van der Waals surface area contributed by atoms with E-state index in [2.05, 4.69) is 5.32 Å². The number of pyridine rings is 1. The molecule has 0 fully saturated rings. The Labute approximate surface area is 168 Å². The lowest BCUT2D eigenvalue weighted by atomic mass is 9.83. The van der Waals surface area contributed by atoms with Crippen LogP contribution in [0, 0.1) is 0 Å². The first-order valence-electron chi connectivity index (χ1n) is 9.23. The van der Waals surface area contributed by atoms with E-state index in [4.69, 9.17) is 0 Å². The number of hydrogen-bond donors (Lipinski definition) is 1. The minimum absolute atomic E-state index is 0.0934. The van der Waals surface area contributed by atoms with Gasteiger partial charge in [0.1, 0.15) is 0 Å². The van der Waals surface area contributed by atoms with Gasteiger partial charge < -0.3 is 10.2 Å². The number of aromatic nitrogens is 1. The Balaban J connectivity index is 1.60. The highest BCUT2D eigenvalue weighted by Crippen LogP contribution is 2.31. The fourth-order valence-corrected chi connectivity index (χ4v) is 3.46. The van der Waals surface area contributed by atoms with Gasteiger partial charge in [0.15, 0.2) is 24.0 Å². The molecule has 1 aliphatic rings. The number of nitrogens with zero attached hydrogens (tertiary/aromatic N) is 2. The van der Waals surface area contributed by atoms with Gasteiger partial charge in [-0.05, 0) is 6.07 Å². The predicted octanol–water partition coefficient (Wildman–Crippen LogP) is 2.45. The third-order valence-corrected chi connectivity index (χ3v) is 4.94. The van der Waals surface area contributed by atoms with Crippen LogP contribution in [-0.2, 0) is 11.3 Å². The number of ketones is 2. The first-order chi connectivity index (χ1) is 14.0. The maximum Gasteiger partial charge on any atom is 0.290 e. The van der Waals surface area contributed by atoms with Gasteiger partial charge in [0, 0.05) is 48.6 Å². The molecule has 0 spiro atoms. The van der Waals surface area contributed by atoms with Crippen molar-refractivity contribution in [3.8, 4) is 0 Å². The third kappa shape index (κ3) is 3.40. The molecular formula is C23H20N3O3+. The molecule has 4 rings (SSSR count). The van der Waals surface area contributed by atoms with Gasteiger partial charge >= 0.3 is 0 Å². The first-order valence-corrected chi connectivity index (χ1v) is 9.23. The quantitative estimate of drug-likeness (QED) is 0.547. The van der Waals surface area contributed by atoms with Crippen molar-refractivity contribution in [2.45, 2.75) is 6.54 Å². The largest absolute Gasteiger partial charge is 0.377 e. The Morgan fingerprint density at radius 1 is 0.862 bits per heavy atom. The zero-order valence-electron chi connectivity index (χ0n) is 16.2. The number of anilines is 2. The van der Waals surface area contributed by atoms with Crippen molar-refractivity contribution in [2.24, 2.45) is 0 Å². The van der Waals surface area contributed by atoms with Crippen molar-refractivity contribution in [3.05, 3.63) is 89.2 Å². The summed E-state index contributed by atoms with van der Waals surface area (Å²) in [6.07, 6.45) is 3.64. The van der Waals surface area contributed by atoms with Crippen LogP contribution in [0.25, 0.3) is 0 Å². The lowest BCUT2D eigenvalue weighted by molar-refractivity contribution is -0.684. The number of carbonyl (C=O) groups excluding carboxylic acids is 3. The summed E-state index contributed by atoms with van der Waals surface area (Å²) in [5, 5.41) is 2.79. The molecule has 0 saturated heterocycles. The number of hydrogen-bond acceptors (Lipinski definition) is 4. The lowest BCUT2D eigenvalue weighted by Gasteiger charge is -2.20. The summed E-state index contributed by atoms with van der Waals surface area (Å²) < 4.78 is 1.75. The standard InChI is InChI=1S/C23H19N3O3/c1-25(2)15-10-12-26(13-11-15)14-20(27)24-19-9-5-8-18-21(19)23(29)17-7-4-3-6-16(17)22(18)28/h3-13H,14H2,1-2H3/p+1. The molecular weight excluding hydrogens is 366 g/mol. The van der Waals surface area contributed by atoms with Crippen molar-refractivity contribution in [1.82, 2.24) is 0 Å². The van der Waals surface area contributed by atoms with Gasteiger partial charge in [0.25, 0.3) is 5.91 Å². The van der Waals surface area contributed by atoms with Crippen LogP contribution >= 0.6 is 0 Å². The van der Waals surface area contributed by atoms with E-state index in [0.717, 1.165) is 5.69 Å². The zero-order valence-corrected chi connectivity index (χ0v) is 16.2. The number of amides is 1. The highest BCUT2D eigenvalue weighted by atomic mass is 16.2. The maximum absolute atomic E-state index is 13.0. The zero-order chi connectivity index (χ0) is 20.5. The molecule has 0 aliphatic heterocycles. The van der Waals surface area contributed by atoms with E-state index >= 15 is 0 Å². The van der Waals surface area contributed by atoms with Gasteiger partial charge in [-0.3, -0.25) is 14.4 Å². The molecule has 29 heavy (non-hydrogen) atoms. The number of fused-ring (bicyclic) bond motifs is 2. The van der Waals surface area contributed by atoms with Gasteiger partial charge in [0.05, 0.1) is 11.3 Å². The average Bonchev–Trinajstić information content (AvgIpc) is 2.72. The van der Waals surface area contributed by atoms with E-state index in [-0.39, 0.29) is 29.6 Å². The summed E-state index contributed by atoms with van der Waals surface area (Å²) in [5.41, 5.74) is 2.70. The van der Waals surface area contributed by atoms with Crippen LogP contribution in [0.5, 0.6) is 0 Å². The molecule has 0 unspecified atom stereocenters. The Kier molecular flexibility index (Phi) is 4.68. The number of carbonyl (C=O) groups is 3. The van der Waals surface area contributed by atoms with Crippen LogP contribution in [-0.4, -0.2) is 31.6 Å². The lowest BCUT2D eigenvalue weighted by Crippen LogP contribution is -2.40. The molecule has 0 bridgehead atoms. The van der Waals surface area contributed by atoms with Gasteiger partial charge in [0.2, 0.25) is 6.54 Å². The molecule has 3 aromatic rings. The normalized spacial score (nSPS) is 12.2. The summed E-state index contributed by atoms with van der Waals surface area (Å²) >= 11 is 0. The smallest absolute Gasteiger partial charge is 0.290 e. The monoisotopic (exact) mass is 386 g/mol. The second-order valence-corrected chi connectivity index (χ2v) is 7.10. The van der Waals surface area contributed by atoms with E-state index in [1.165, 1.54) is 0 Å². The van der Waals surface area contributed by atoms with E-state index in [1.807, 2.05) is 43.5 Å². The van der Waals surface area contributed by atoms with Gasteiger partial charge in [-0.2, -0.15) is 4.57 Å². The fourth-order valence-electron chi connectivity index (χ4n) is 3.46. The molecule has 1 aliphatic carbocycles. The highest BCUT2D eigenvalue weighted by Gasteiger charge is 2.31. The molecule has 6 nitrogen and oxygen atoms in total. The summed E-state index contributed by atoms with van der Waals surface area (Å²) in [7, 11) is 3.89. The minimum atomic E-state index is -0.278. The second kappa shape index (κ2) is 7.31. The Morgan fingerprint density at radius 3 is 2.14 bits per heavy atom. The van der Waals surface area contributed by atoms with E-state index in [0.29, 0.717) is 22.4 Å². The molecule has 0 atom stereocenters. The minimum Gasteiger partial charge on any atom is -0.377 e. The first kappa shape index (κ1) is 18.6. The Bertz CT molecular complexity index is 1130. The molecule has 1 aromatic heterocycles. The molecule has 1 heterocycles. The van der Waals surface area contributed by atoms with Gasteiger partial charge in [-0.25, -0.2) is 0 Å². The van der Waals surface area contributed by atoms with Crippen LogP contribution in [0.2, 0.25) is 0 Å². The summed E-state index contributed by atoms with van der Waals surface area (Å²) in [6, 6.07) is 15.5. The summed E-state index contributed by atoms with van der Waals surface area (Å²) in [5.74, 6) is -0.742. The molecule has 2 aromatic carbocycles. The molecule has 1 amide bonds. The molecule has 0 saturated carbocycles. The molecule has 6 heteroatoms. The van der Waals surface area contributed by atoms with Crippen LogP contribution in [0.3, 0.4) is 0 Å². The van der Waals surface area contributed by atoms with Crippen LogP contribution in [0.1, 0.15) is 31.8 Å². The van der Waals surface area contributed by atoms with Crippen LogP contribution in [0.4, 0.5) is 11.4 Å². The third-order valence-electron chi connectivity index (χ3n) is 4.94. The Morgan fingerprint density at radius 2 is 1.48 bits per heavy atom. The summed E-state index contributed by atoms with van der Waals surface area (Å²) in [4.78, 5) is 40.4. The van der Waals surface area contributed by atoms with Gasteiger partial charge in [-0.1, -0.05) is 36.4 Å². The Hall–Kier alpha value is -3.80. The van der Waals surface area contributed by atoms with Crippen LogP contribution in [0.15, 0.2) is 67.0 Å².